The minimum Gasteiger partial charge on any atom is -0.481 e. The Balaban J connectivity index is 2.77. The number of nitrogens with one attached hydrogen (secondary N) is 1. The SMILES string of the molecule is CCN(CCO)C(=O)NC(CCC(=O)O)c1ccccc1. The molecule has 3 N–H and O–H groups in total. The normalized spacial score (nSPS) is 11.7. The van der Waals surface area contributed by atoms with E-state index in [1.165, 1.54) is 4.90 Å². The molecule has 0 spiro atoms. The molecule has 0 aromatic heterocycles. The topological polar surface area (TPSA) is 89.9 Å². The minimum atomic E-state index is -0.895. The van der Waals surface area contributed by atoms with Gasteiger partial charge in [-0.25, -0.2) is 4.79 Å². The van der Waals surface area contributed by atoms with E-state index in [9.17, 15) is 9.59 Å². The molecule has 0 saturated heterocycles. The summed E-state index contributed by atoms with van der Waals surface area (Å²) in [6.45, 7) is 2.45. The Bertz CT molecular complexity index is 450. The van der Waals surface area contributed by atoms with E-state index in [-0.39, 0.29) is 31.6 Å². The van der Waals surface area contributed by atoms with Gasteiger partial charge >= 0.3 is 12.0 Å². The highest BCUT2D eigenvalue weighted by Crippen LogP contribution is 2.18. The van der Waals surface area contributed by atoms with Gasteiger partial charge in [0, 0.05) is 19.5 Å². The maximum atomic E-state index is 12.1. The fraction of sp³-hybridized carbons (Fsp3) is 0.467. The van der Waals surface area contributed by atoms with E-state index in [0.717, 1.165) is 5.56 Å². The third-order valence-electron chi connectivity index (χ3n) is 3.19. The molecular weight excluding hydrogens is 272 g/mol. The maximum absolute atomic E-state index is 12.1. The first-order chi connectivity index (χ1) is 10.1. The average Bonchev–Trinajstić information content (AvgIpc) is 2.49. The molecule has 1 aromatic carbocycles. The summed E-state index contributed by atoms with van der Waals surface area (Å²) >= 11 is 0. The van der Waals surface area contributed by atoms with Crippen LogP contribution < -0.4 is 5.32 Å². The molecule has 0 aliphatic rings. The predicted octanol–water partition coefficient (Wildman–Crippen LogP) is 1.62. The summed E-state index contributed by atoms with van der Waals surface area (Å²) in [4.78, 5) is 24.4. The highest BCUT2D eigenvalue weighted by Gasteiger charge is 2.19. The zero-order valence-electron chi connectivity index (χ0n) is 12.2. The molecule has 116 valence electrons. The van der Waals surface area contributed by atoms with Crippen molar-refractivity contribution in [1.29, 1.82) is 0 Å². The van der Waals surface area contributed by atoms with Gasteiger partial charge in [0.2, 0.25) is 0 Å². The number of carbonyl (C=O) groups excluding carboxylic acids is 1. The molecule has 0 heterocycles. The summed E-state index contributed by atoms with van der Waals surface area (Å²) in [6, 6.07) is 8.61. The van der Waals surface area contributed by atoms with Crippen LogP contribution in [0.4, 0.5) is 4.79 Å². The molecule has 0 aliphatic carbocycles. The first-order valence-electron chi connectivity index (χ1n) is 7.01. The summed E-state index contributed by atoms with van der Waals surface area (Å²) in [5, 5.41) is 20.6. The Morgan fingerprint density at radius 2 is 1.95 bits per heavy atom. The quantitative estimate of drug-likeness (QED) is 0.679. The molecule has 0 bridgehead atoms. The molecule has 1 unspecified atom stereocenters. The van der Waals surface area contributed by atoms with Crippen molar-refractivity contribution in [2.75, 3.05) is 19.7 Å². The van der Waals surface area contributed by atoms with Crippen molar-refractivity contribution in [3.05, 3.63) is 35.9 Å². The Labute approximate surface area is 124 Å². The maximum Gasteiger partial charge on any atom is 0.317 e. The van der Waals surface area contributed by atoms with Crippen LogP contribution in [0.3, 0.4) is 0 Å². The zero-order valence-corrected chi connectivity index (χ0v) is 12.2. The molecule has 2 amide bonds. The number of hydrogen-bond acceptors (Lipinski definition) is 3. The number of carboxylic acids is 1. The van der Waals surface area contributed by atoms with Crippen molar-refractivity contribution >= 4 is 12.0 Å². The molecule has 0 saturated carbocycles. The van der Waals surface area contributed by atoms with E-state index in [2.05, 4.69) is 5.32 Å². The molecule has 6 heteroatoms. The zero-order chi connectivity index (χ0) is 15.7. The second-order valence-electron chi connectivity index (χ2n) is 4.65. The van der Waals surface area contributed by atoms with Gasteiger partial charge in [-0.1, -0.05) is 30.3 Å². The summed E-state index contributed by atoms with van der Waals surface area (Å²) in [6.07, 6.45) is 0.299. The van der Waals surface area contributed by atoms with E-state index in [1.807, 2.05) is 37.3 Å². The molecule has 1 rings (SSSR count). The number of urea groups is 1. The van der Waals surface area contributed by atoms with Crippen LogP contribution in [0.1, 0.15) is 31.4 Å². The minimum absolute atomic E-state index is 0.0219. The van der Waals surface area contributed by atoms with E-state index in [0.29, 0.717) is 13.0 Å². The molecule has 1 atom stereocenters. The largest absolute Gasteiger partial charge is 0.481 e. The van der Waals surface area contributed by atoms with Crippen LogP contribution in [-0.4, -0.2) is 46.8 Å². The third-order valence-corrected chi connectivity index (χ3v) is 3.19. The molecule has 0 radical (unpaired) electrons. The van der Waals surface area contributed by atoms with Crippen molar-refractivity contribution in [2.45, 2.75) is 25.8 Å². The van der Waals surface area contributed by atoms with Crippen LogP contribution in [0.5, 0.6) is 0 Å². The second kappa shape index (κ2) is 8.97. The molecule has 21 heavy (non-hydrogen) atoms. The number of rotatable bonds is 8. The molecule has 1 aromatic rings. The standard InChI is InChI=1S/C15H22N2O4/c1-2-17(10-11-18)15(21)16-13(8-9-14(19)20)12-6-4-3-5-7-12/h3-7,13,18H,2,8-11H2,1H3,(H,16,21)(H,19,20). The predicted molar refractivity (Wildman–Crippen MR) is 78.9 cm³/mol. The van der Waals surface area contributed by atoms with Crippen LogP contribution in [0, 0.1) is 0 Å². The van der Waals surface area contributed by atoms with Gasteiger partial charge < -0.3 is 20.4 Å². The smallest absolute Gasteiger partial charge is 0.317 e. The number of hydrogen-bond donors (Lipinski definition) is 3. The number of aliphatic hydroxyl groups excluding tert-OH is 1. The van der Waals surface area contributed by atoms with Crippen molar-refractivity contribution in [2.24, 2.45) is 0 Å². The van der Waals surface area contributed by atoms with Gasteiger partial charge in [-0.15, -0.1) is 0 Å². The van der Waals surface area contributed by atoms with Crippen LogP contribution in [-0.2, 0) is 4.79 Å². The van der Waals surface area contributed by atoms with Gasteiger partial charge in [0.05, 0.1) is 12.6 Å². The Morgan fingerprint density at radius 1 is 1.29 bits per heavy atom. The average molecular weight is 294 g/mol. The van der Waals surface area contributed by atoms with Gasteiger partial charge in [-0.05, 0) is 18.9 Å². The van der Waals surface area contributed by atoms with Crippen LogP contribution in [0.15, 0.2) is 30.3 Å². The van der Waals surface area contributed by atoms with Gasteiger partial charge in [0.1, 0.15) is 0 Å². The lowest BCUT2D eigenvalue weighted by molar-refractivity contribution is -0.137. The number of carbonyl (C=O) groups is 2. The summed E-state index contributed by atoms with van der Waals surface area (Å²) in [7, 11) is 0. The number of benzene rings is 1. The molecule has 0 aliphatic heterocycles. The highest BCUT2D eigenvalue weighted by atomic mass is 16.4. The Kier molecular flexibility index (Phi) is 7.25. The lowest BCUT2D eigenvalue weighted by Gasteiger charge is -2.25. The van der Waals surface area contributed by atoms with E-state index < -0.39 is 5.97 Å². The third kappa shape index (κ3) is 5.83. The Morgan fingerprint density at radius 3 is 2.48 bits per heavy atom. The van der Waals surface area contributed by atoms with Crippen LogP contribution in [0.25, 0.3) is 0 Å². The number of aliphatic hydroxyl groups is 1. The first-order valence-corrected chi connectivity index (χ1v) is 7.01. The number of carboxylic acid groups (broad SMARTS) is 1. The summed E-state index contributed by atoms with van der Waals surface area (Å²) in [5.74, 6) is -0.895. The lowest BCUT2D eigenvalue weighted by atomic mass is 10.0. The Hall–Kier alpha value is -2.08. The number of amides is 2. The summed E-state index contributed by atoms with van der Waals surface area (Å²) in [5.41, 5.74) is 0.868. The van der Waals surface area contributed by atoms with Crippen molar-refractivity contribution in [3.63, 3.8) is 0 Å². The number of aliphatic carboxylic acids is 1. The van der Waals surface area contributed by atoms with E-state index >= 15 is 0 Å². The molecular formula is C15H22N2O4. The number of nitrogens with zero attached hydrogens (tertiary/aromatic N) is 1. The van der Waals surface area contributed by atoms with E-state index in [4.69, 9.17) is 10.2 Å². The number of likely N-dealkylation sites (N-methyl/N-ethyl adjacent to an activating group) is 1. The van der Waals surface area contributed by atoms with Gasteiger partial charge in [-0.2, -0.15) is 0 Å². The lowest BCUT2D eigenvalue weighted by Crippen LogP contribution is -2.43. The van der Waals surface area contributed by atoms with Crippen LogP contribution >= 0.6 is 0 Å². The van der Waals surface area contributed by atoms with Crippen molar-refractivity contribution < 1.29 is 19.8 Å². The highest BCUT2D eigenvalue weighted by molar-refractivity contribution is 5.75. The van der Waals surface area contributed by atoms with Gasteiger partial charge in [-0.3, -0.25) is 4.79 Å². The fourth-order valence-corrected chi connectivity index (χ4v) is 2.04. The monoisotopic (exact) mass is 294 g/mol. The van der Waals surface area contributed by atoms with Crippen LogP contribution in [0.2, 0.25) is 0 Å². The summed E-state index contributed by atoms with van der Waals surface area (Å²) < 4.78 is 0. The van der Waals surface area contributed by atoms with E-state index in [1.54, 1.807) is 0 Å². The fourth-order valence-electron chi connectivity index (χ4n) is 2.04. The molecule has 0 fully saturated rings. The second-order valence-corrected chi connectivity index (χ2v) is 4.65. The van der Waals surface area contributed by atoms with Gasteiger partial charge in [0.25, 0.3) is 0 Å². The first kappa shape index (κ1) is 17.0. The van der Waals surface area contributed by atoms with Crippen molar-refractivity contribution in [1.82, 2.24) is 10.2 Å². The van der Waals surface area contributed by atoms with Crippen molar-refractivity contribution in [3.8, 4) is 0 Å². The molecule has 6 nitrogen and oxygen atoms in total. The van der Waals surface area contributed by atoms with Gasteiger partial charge in [0.15, 0.2) is 0 Å².